The number of aliphatic carboxylic acids is 1. The van der Waals surface area contributed by atoms with Gasteiger partial charge in [0.05, 0.1) is 17.0 Å². The summed E-state index contributed by atoms with van der Waals surface area (Å²) in [4.78, 5) is 25.1. The summed E-state index contributed by atoms with van der Waals surface area (Å²) >= 11 is 0. The maximum absolute atomic E-state index is 11.1. The van der Waals surface area contributed by atoms with Gasteiger partial charge in [0, 0.05) is 86.4 Å². The van der Waals surface area contributed by atoms with Gasteiger partial charge in [0.1, 0.15) is 0 Å². The first kappa shape index (κ1) is 47.4. The number of rotatable bonds is 20. The van der Waals surface area contributed by atoms with Crippen LogP contribution in [0.25, 0.3) is 44.7 Å². The second-order valence-corrected chi connectivity index (χ2v) is 19.1. The molecule has 8 aromatic rings. The first-order chi connectivity index (χ1) is 33.8. The van der Waals surface area contributed by atoms with Crippen molar-refractivity contribution in [3.63, 3.8) is 0 Å². The zero-order chi connectivity index (χ0) is 47.5. The smallest absolute Gasteiger partial charge is 0.309 e. The predicted molar refractivity (Wildman–Crippen MR) is 270 cm³/mol. The van der Waals surface area contributed by atoms with Crippen molar-refractivity contribution in [3.8, 4) is 22.9 Å². The number of hydrogen-bond acceptors (Lipinski definition) is 11. The Morgan fingerprint density at radius 2 is 1.07 bits per heavy atom. The molecule has 2 atom stereocenters. The third-order valence-electron chi connectivity index (χ3n) is 13.8. The molecule has 0 saturated carbocycles. The summed E-state index contributed by atoms with van der Waals surface area (Å²) in [6, 6.07) is 37.6. The highest BCUT2D eigenvalue weighted by atomic mass is 16.4. The summed E-state index contributed by atoms with van der Waals surface area (Å²) in [6.45, 7) is 11.8. The molecule has 10 rings (SSSR count). The number of carboxylic acids is 1. The second-order valence-electron chi connectivity index (χ2n) is 19.1. The summed E-state index contributed by atoms with van der Waals surface area (Å²) in [5, 5.41) is 28.9. The molecule has 2 fully saturated rings. The average molecular weight is 925 g/mol. The van der Waals surface area contributed by atoms with Gasteiger partial charge in [0.2, 0.25) is 23.6 Å². The molecule has 2 aliphatic rings. The van der Waals surface area contributed by atoms with Crippen molar-refractivity contribution in [2.45, 2.75) is 103 Å². The number of aromatic nitrogens is 6. The lowest BCUT2D eigenvalue weighted by atomic mass is 9.90. The fraction of sp³-hybridized carbons (Fsp3) is 0.386. The van der Waals surface area contributed by atoms with Gasteiger partial charge < -0.3 is 13.9 Å². The van der Waals surface area contributed by atoms with Crippen molar-refractivity contribution >= 4 is 27.8 Å². The maximum Gasteiger partial charge on any atom is 0.309 e. The fourth-order valence-electron chi connectivity index (χ4n) is 10.0. The van der Waals surface area contributed by atoms with Crippen molar-refractivity contribution in [1.82, 2.24) is 40.2 Å². The van der Waals surface area contributed by atoms with E-state index < -0.39 is 5.97 Å². The van der Waals surface area contributed by atoms with E-state index in [1.54, 1.807) is 6.20 Å². The minimum absolute atomic E-state index is 0.276. The first-order valence-electron chi connectivity index (χ1n) is 25.0. The van der Waals surface area contributed by atoms with Crippen LogP contribution in [0.5, 0.6) is 0 Å². The summed E-state index contributed by atoms with van der Waals surface area (Å²) in [5.41, 5.74) is 8.71. The monoisotopic (exact) mass is 925 g/mol. The van der Waals surface area contributed by atoms with Crippen molar-refractivity contribution in [1.29, 1.82) is 0 Å². The molecule has 0 aliphatic carbocycles. The van der Waals surface area contributed by atoms with Crippen molar-refractivity contribution in [2.24, 2.45) is 11.8 Å². The van der Waals surface area contributed by atoms with E-state index in [0.29, 0.717) is 61.5 Å². The summed E-state index contributed by atoms with van der Waals surface area (Å²) < 4.78 is 12.4. The Bertz CT molecular complexity index is 2910. The van der Waals surface area contributed by atoms with Gasteiger partial charge >= 0.3 is 5.97 Å². The molecule has 12 nitrogen and oxygen atoms in total. The SMILES string of the molecule is CCCCC(Cc1nnc(-c2ccc(CN3CC(C(=O)O)C3)c3ncccc23)o1)c1ccccc1.CCCCCC(Cc1nnc(-c2ccc(CN3CC(C)C3)c3ncccc23)o1)c1ccccc1. The van der Waals surface area contributed by atoms with Gasteiger partial charge in [-0.2, -0.15) is 0 Å². The maximum atomic E-state index is 11.1. The third-order valence-corrected chi connectivity index (χ3v) is 13.8. The molecule has 2 aliphatic heterocycles. The van der Waals surface area contributed by atoms with E-state index >= 15 is 0 Å². The lowest BCUT2D eigenvalue weighted by molar-refractivity contribution is -0.147. The lowest BCUT2D eigenvalue weighted by Gasteiger charge is -2.37. The normalized spacial score (nSPS) is 15.3. The van der Waals surface area contributed by atoms with Gasteiger partial charge in [-0.15, -0.1) is 20.4 Å². The van der Waals surface area contributed by atoms with Crippen molar-refractivity contribution in [2.75, 3.05) is 26.2 Å². The van der Waals surface area contributed by atoms with E-state index in [9.17, 15) is 4.79 Å². The van der Waals surface area contributed by atoms with E-state index in [0.717, 1.165) is 96.2 Å². The molecule has 0 spiro atoms. The number of hydrogen-bond donors (Lipinski definition) is 1. The second kappa shape index (κ2) is 22.7. The zero-order valence-electron chi connectivity index (χ0n) is 40.2. The molecule has 356 valence electrons. The molecule has 4 aromatic heterocycles. The number of likely N-dealkylation sites (tertiary alicyclic amines) is 2. The fourth-order valence-corrected chi connectivity index (χ4v) is 10.0. The Morgan fingerprint density at radius 3 is 1.54 bits per heavy atom. The number of carboxylic acid groups (broad SMARTS) is 1. The van der Waals surface area contributed by atoms with E-state index in [2.05, 4.69) is 129 Å². The third kappa shape index (κ3) is 11.6. The number of benzene rings is 4. The Balaban J connectivity index is 0.000000172. The molecule has 0 radical (unpaired) electrons. The zero-order valence-corrected chi connectivity index (χ0v) is 40.2. The van der Waals surface area contributed by atoms with Gasteiger partial charge in [0.15, 0.2) is 0 Å². The van der Waals surface area contributed by atoms with Gasteiger partial charge in [0.25, 0.3) is 0 Å². The molecule has 2 unspecified atom stereocenters. The first-order valence-corrected chi connectivity index (χ1v) is 25.0. The van der Waals surface area contributed by atoms with Crippen LogP contribution in [0.15, 0.2) is 130 Å². The predicted octanol–water partition coefficient (Wildman–Crippen LogP) is 12.0. The summed E-state index contributed by atoms with van der Waals surface area (Å²) in [5.74, 6) is 2.95. The molecule has 6 heterocycles. The Morgan fingerprint density at radius 1 is 0.594 bits per heavy atom. The van der Waals surface area contributed by atoms with Crippen molar-refractivity contribution in [3.05, 3.63) is 156 Å². The summed E-state index contributed by atoms with van der Waals surface area (Å²) in [6.07, 6.45) is 13.3. The highest BCUT2D eigenvalue weighted by Crippen LogP contribution is 2.35. The van der Waals surface area contributed by atoms with Crippen LogP contribution in [-0.4, -0.2) is 77.4 Å². The quantitative estimate of drug-likeness (QED) is 0.0726. The Hall–Kier alpha value is -6.63. The van der Waals surface area contributed by atoms with Crippen LogP contribution in [-0.2, 0) is 30.7 Å². The van der Waals surface area contributed by atoms with Gasteiger partial charge in [-0.05, 0) is 77.1 Å². The van der Waals surface area contributed by atoms with Crippen LogP contribution < -0.4 is 0 Å². The van der Waals surface area contributed by atoms with Crippen molar-refractivity contribution < 1.29 is 18.7 Å². The van der Waals surface area contributed by atoms with E-state index in [1.807, 2.05) is 42.6 Å². The number of carbonyl (C=O) groups is 1. The van der Waals surface area contributed by atoms with E-state index in [4.69, 9.17) is 18.9 Å². The lowest BCUT2D eigenvalue weighted by Crippen LogP contribution is -2.49. The van der Waals surface area contributed by atoms with Crippen LogP contribution in [0.3, 0.4) is 0 Å². The highest BCUT2D eigenvalue weighted by molar-refractivity contribution is 5.95. The number of pyridine rings is 2. The highest BCUT2D eigenvalue weighted by Gasteiger charge is 2.33. The molecule has 2 saturated heterocycles. The van der Waals surface area contributed by atoms with Crippen LogP contribution in [0, 0.1) is 11.8 Å². The molecule has 4 aromatic carbocycles. The minimum Gasteiger partial charge on any atom is -0.481 e. The topological polar surface area (TPSA) is 147 Å². The van der Waals surface area contributed by atoms with Crippen LogP contribution in [0.4, 0.5) is 0 Å². The Labute approximate surface area is 405 Å². The molecule has 0 amide bonds. The van der Waals surface area contributed by atoms with E-state index in [-0.39, 0.29) is 5.92 Å². The van der Waals surface area contributed by atoms with E-state index in [1.165, 1.54) is 36.0 Å². The average Bonchev–Trinajstić information content (AvgIpc) is 4.03. The van der Waals surface area contributed by atoms with Crippen LogP contribution in [0.1, 0.15) is 112 Å². The molecule has 1 N–H and O–H groups in total. The Kier molecular flexibility index (Phi) is 15.6. The van der Waals surface area contributed by atoms with Gasteiger partial charge in [-0.25, -0.2) is 0 Å². The molecular formula is C57H64N8O4. The molecular weight excluding hydrogens is 861 g/mol. The number of fused-ring (bicyclic) bond motifs is 2. The van der Waals surface area contributed by atoms with Gasteiger partial charge in [-0.1, -0.05) is 138 Å². The number of nitrogens with zero attached hydrogens (tertiary/aromatic N) is 8. The summed E-state index contributed by atoms with van der Waals surface area (Å²) in [7, 11) is 0. The van der Waals surface area contributed by atoms with Gasteiger partial charge in [-0.3, -0.25) is 24.6 Å². The largest absolute Gasteiger partial charge is 0.481 e. The number of unbranched alkanes of at least 4 members (excludes halogenated alkanes) is 3. The molecule has 69 heavy (non-hydrogen) atoms. The minimum atomic E-state index is -0.726. The molecule has 12 heteroatoms. The van der Waals surface area contributed by atoms with Crippen LogP contribution in [0.2, 0.25) is 0 Å². The van der Waals surface area contributed by atoms with Crippen LogP contribution >= 0.6 is 0 Å². The standard InChI is InChI=1S/C29H34N4O.C28H30N4O3/c1-3-4-6-12-23(22-10-7-5-8-11-22)17-27-31-32-29(34-27)26-15-14-24(20-33-18-21(2)19-33)28-25(26)13-9-16-30-28;1-2-3-8-20(19-9-5-4-6-10-19)15-25-30-31-27(35-25)24-13-12-21(26-23(24)11-7-14-29-26)16-32-17-22(18-32)28(33)34/h5,7-11,13-16,21,23H,3-4,6,12,17-20H2,1-2H3;4-7,9-14,20,22H,2-3,8,15-18H2,1H3,(H,33,34). The molecule has 0 bridgehead atoms.